The van der Waals surface area contributed by atoms with Crippen LogP contribution in [0.2, 0.25) is 0 Å². The average molecular weight is 219 g/mol. The quantitative estimate of drug-likeness (QED) is 0.821. The van der Waals surface area contributed by atoms with Gasteiger partial charge in [-0.15, -0.1) is 0 Å². The molecule has 3 N–H and O–H groups in total. The van der Waals surface area contributed by atoms with Crippen molar-refractivity contribution in [3.8, 4) is 0 Å². The Hall–Kier alpha value is -1.25. The van der Waals surface area contributed by atoms with Gasteiger partial charge in [0, 0.05) is 11.7 Å². The number of aromatic nitrogens is 1. The highest BCUT2D eigenvalue weighted by atomic mass is 15.0. The summed E-state index contributed by atoms with van der Waals surface area (Å²) in [6.07, 6.45) is 5.40. The highest BCUT2D eigenvalue weighted by Gasteiger charge is 2.21. The molecule has 3 heteroatoms. The molecule has 1 aliphatic carbocycles. The van der Waals surface area contributed by atoms with Crippen LogP contribution in [0, 0.1) is 12.8 Å². The van der Waals surface area contributed by atoms with E-state index in [1.165, 1.54) is 25.7 Å². The van der Waals surface area contributed by atoms with Crippen LogP contribution in [0.5, 0.6) is 0 Å². The lowest BCUT2D eigenvalue weighted by atomic mass is 10.00. The van der Waals surface area contributed by atoms with Crippen molar-refractivity contribution >= 4 is 11.5 Å². The third-order valence-electron chi connectivity index (χ3n) is 3.54. The van der Waals surface area contributed by atoms with E-state index in [1.807, 2.05) is 19.1 Å². The average Bonchev–Trinajstić information content (AvgIpc) is 2.76. The molecule has 1 saturated carbocycles. The van der Waals surface area contributed by atoms with E-state index in [0.29, 0.717) is 6.04 Å². The fourth-order valence-corrected chi connectivity index (χ4v) is 2.47. The van der Waals surface area contributed by atoms with Crippen molar-refractivity contribution in [2.75, 3.05) is 11.1 Å². The molecule has 0 bridgehead atoms. The van der Waals surface area contributed by atoms with Crippen molar-refractivity contribution in [2.45, 2.75) is 45.6 Å². The van der Waals surface area contributed by atoms with E-state index in [1.54, 1.807) is 0 Å². The minimum Gasteiger partial charge on any atom is -0.396 e. The molecule has 16 heavy (non-hydrogen) atoms. The molecule has 1 atom stereocenters. The first-order valence-electron chi connectivity index (χ1n) is 6.16. The van der Waals surface area contributed by atoms with Crippen molar-refractivity contribution in [1.82, 2.24) is 4.98 Å². The van der Waals surface area contributed by atoms with E-state index in [-0.39, 0.29) is 0 Å². The molecule has 1 aromatic heterocycles. The minimum absolute atomic E-state index is 0.471. The van der Waals surface area contributed by atoms with Crippen LogP contribution in [0.15, 0.2) is 12.1 Å². The molecule has 0 aliphatic heterocycles. The van der Waals surface area contributed by atoms with Gasteiger partial charge >= 0.3 is 0 Å². The molecule has 0 amide bonds. The number of anilines is 2. The lowest BCUT2D eigenvalue weighted by Gasteiger charge is -2.21. The summed E-state index contributed by atoms with van der Waals surface area (Å²) in [6.45, 7) is 4.23. The molecule has 0 spiro atoms. The second-order valence-corrected chi connectivity index (χ2v) is 4.87. The maximum absolute atomic E-state index is 5.91. The molecule has 1 unspecified atom stereocenters. The van der Waals surface area contributed by atoms with Crippen LogP contribution >= 0.6 is 0 Å². The van der Waals surface area contributed by atoms with E-state index in [4.69, 9.17) is 5.73 Å². The maximum Gasteiger partial charge on any atom is 0.149 e. The lowest BCUT2D eigenvalue weighted by Crippen LogP contribution is -2.25. The van der Waals surface area contributed by atoms with E-state index in [2.05, 4.69) is 17.2 Å². The molecule has 0 saturated heterocycles. The van der Waals surface area contributed by atoms with Gasteiger partial charge in [-0.1, -0.05) is 12.8 Å². The fourth-order valence-electron chi connectivity index (χ4n) is 2.47. The molecule has 1 fully saturated rings. The van der Waals surface area contributed by atoms with Gasteiger partial charge in [0.2, 0.25) is 0 Å². The molecule has 3 nitrogen and oxygen atoms in total. The van der Waals surface area contributed by atoms with Crippen molar-refractivity contribution in [3.63, 3.8) is 0 Å². The largest absolute Gasteiger partial charge is 0.396 e. The van der Waals surface area contributed by atoms with Crippen molar-refractivity contribution in [3.05, 3.63) is 17.8 Å². The number of aryl methyl sites for hydroxylation is 1. The minimum atomic E-state index is 0.471. The van der Waals surface area contributed by atoms with Crippen LogP contribution in [0.1, 0.15) is 38.3 Å². The van der Waals surface area contributed by atoms with Crippen molar-refractivity contribution in [1.29, 1.82) is 0 Å². The lowest BCUT2D eigenvalue weighted by molar-refractivity contribution is 0.481. The number of hydrogen-bond acceptors (Lipinski definition) is 3. The monoisotopic (exact) mass is 219 g/mol. The van der Waals surface area contributed by atoms with Gasteiger partial charge in [-0.25, -0.2) is 4.98 Å². The van der Waals surface area contributed by atoms with Crippen LogP contribution in [0.4, 0.5) is 11.5 Å². The SMILES string of the molecule is Cc1ccc(N)c(NC(C)C2CCCC2)n1. The molecule has 0 aromatic carbocycles. The zero-order valence-electron chi connectivity index (χ0n) is 10.2. The summed E-state index contributed by atoms with van der Waals surface area (Å²) in [7, 11) is 0. The summed E-state index contributed by atoms with van der Waals surface area (Å²) in [5, 5.41) is 3.46. The Labute approximate surface area is 97.5 Å². The zero-order valence-corrected chi connectivity index (χ0v) is 10.2. The molecular weight excluding hydrogens is 198 g/mol. The first kappa shape index (κ1) is 11.2. The highest BCUT2D eigenvalue weighted by Crippen LogP contribution is 2.29. The summed E-state index contributed by atoms with van der Waals surface area (Å²) in [5.41, 5.74) is 7.67. The number of nitrogens with two attached hydrogens (primary N) is 1. The molecule has 0 radical (unpaired) electrons. The Morgan fingerprint density at radius 2 is 2.06 bits per heavy atom. The van der Waals surface area contributed by atoms with Crippen molar-refractivity contribution in [2.24, 2.45) is 5.92 Å². The summed E-state index contributed by atoms with van der Waals surface area (Å²) < 4.78 is 0. The van der Waals surface area contributed by atoms with Gasteiger partial charge in [0.05, 0.1) is 5.69 Å². The molecular formula is C13H21N3. The molecule has 88 valence electrons. The van der Waals surface area contributed by atoms with Gasteiger partial charge in [0.25, 0.3) is 0 Å². The number of hydrogen-bond donors (Lipinski definition) is 2. The van der Waals surface area contributed by atoms with E-state index < -0.39 is 0 Å². The standard InChI is InChI=1S/C13H21N3/c1-9-7-8-12(14)13(15-9)16-10(2)11-5-3-4-6-11/h7-8,10-11H,3-6,14H2,1-2H3,(H,15,16). The number of pyridine rings is 1. The van der Waals surface area contributed by atoms with Gasteiger partial charge in [-0.3, -0.25) is 0 Å². The first-order valence-corrected chi connectivity index (χ1v) is 6.16. The Morgan fingerprint density at radius 3 is 2.75 bits per heavy atom. The van der Waals surface area contributed by atoms with E-state index in [0.717, 1.165) is 23.1 Å². The van der Waals surface area contributed by atoms with Gasteiger partial charge in [-0.05, 0) is 44.7 Å². The third-order valence-corrected chi connectivity index (χ3v) is 3.54. The second-order valence-electron chi connectivity index (χ2n) is 4.87. The predicted molar refractivity (Wildman–Crippen MR) is 68.4 cm³/mol. The Morgan fingerprint density at radius 1 is 1.38 bits per heavy atom. The number of nitrogen functional groups attached to an aromatic ring is 1. The van der Waals surface area contributed by atoms with Crippen LogP contribution in [-0.2, 0) is 0 Å². The van der Waals surface area contributed by atoms with E-state index in [9.17, 15) is 0 Å². The normalized spacial score (nSPS) is 18.6. The summed E-state index contributed by atoms with van der Waals surface area (Å²) in [4.78, 5) is 4.45. The van der Waals surface area contributed by atoms with Gasteiger partial charge in [0.1, 0.15) is 5.82 Å². The Kier molecular flexibility index (Phi) is 3.32. The molecule has 1 heterocycles. The summed E-state index contributed by atoms with van der Waals surface area (Å²) in [5.74, 6) is 1.63. The zero-order chi connectivity index (χ0) is 11.5. The van der Waals surface area contributed by atoms with Crippen LogP contribution in [0.3, 0.4) is 0 Å². The maximum atomic E-state index is 5.91. The third kappa shape index (κ3) is 2.46. The predicted octanol–water partition coefficient (Wildman–Crippen LogP) is 2.96. The fraction of sp³-hybridized carbons (Fsp3) is 0.615. The number of nitrogens with one attached hydrogen (secondary N) is 1. The molecule has 1 aliphatic rings. The van der Waals surface area contributed by atoms with Gasteiger partial charge < -0.3 is 11.1 Å². The summed E-state index contributed by atoms with van der Waals surface area (Å²) >= 11 is 0. The van der Waals surface area contributed by atoms with Crippen LogP contribution in [-0.4, -0.2) is 11.0 Å². The summed E-state index contributed by atoms with van der Waals surface area (Å²) in [6, 6.07) is 4.34. The van der Waals surface area contributed by atoms with Crippen LogP contribution in [0.25, 0.3) is 0 Å². The number of rotatable bonds is 3. The second kappa shape index (κ2) is 4.73. The Bertz CT molecular complexity index is 356. The van der Waals surface area contributed by atoms with Crippen LogP contribution < -0.4 is 11.1 Å². The van der Waals surface area contributed by atoms with Crippen molar-refractivity contribution < 1.29 is 0 Å². The topological polar surface area (TPSA) is 50.9 Å². The molecule has 2 rings (SSSR count). The molecule has 1 aromatic rings. The highest BCUT2D eigenvalue weighted by molar-refractivity contribution is 5.61. The van der Waals surface area contributed by atoms with E-state index >= 15 is 0 Å². The van der Waals surface area contributed by atoms with Gasteiger partial charge in [0.15, 0.2) is 0 Å². The van der Waals surface area contributed by atoms with Gasteiger partial charge in [-0.2, -0.15) is 0 Å². The smallest absolute Gasteiger partial charge is 0.149 e. The Balaban J connectivity index is 2.04. The number of nitrogens with zero attached hydrogens (tertiary/aromatic N) is 1. The first-order chi connectivity index (χ1) is 7.66.